The van der Waals surface area contributed by atoms with Crippen LogP contribution >= 0.6 is 0 Å². The standard InChI is InChI=1S/C23H31N5O3/c1-24-22-18-8-11-28(23(18)27-15-26-22)19-13-17(20(29)21(19)30)14-31-12-10-25-9-7-16-5-3-2-4-6-16/h2-6,8,11,15,17,19-21,25,29-30H,7,9-10,12-14H2,1H3,(H,24,26,27)/t17-,19-,20-,21+/m1/s1. The minimum atomic E-state index is -0.860. The maximum atomic E-state index is 10.7. The lowest BCUT2D eigenvalue weighted by atomic mass is 10.1. The van der Waals surface area contributed by atoms with Gasteiger partial charge in [-0.25, -0.2) is 9.97 Å². The molecule has 2 aromatic heterocycles. The fourth-order valence-electron chi connectivity index (χ4n) is 4.36. The first-order valence-corrected chi connectivity index (χ1v) is 10.9. The lowest BCUT2D eigenvalue weighted by Gasteiger charge is -2.19. The number of aliphatic hydroxyl groups excluding tert-OH is 2. The summed E-state index contributed by atoms with van der Waals surface area (Å²) in [7, 11) is 1.82. The number of nitrogens with one attached hydrogen (secondary N) is 2. The number of aliphatic hydroxyl groups is 2. The SMILES string of the molecule is CNc1ncnc2c1ccn2[C@@H]1C[C@H](COCCNCCc2ccccc2)[C@@H](O)[C@H]1O. The number of hydrogen-bond donors (Lipinski definition) is 4. The molecule has 0 bridgehead atoms. The van der Waals surface area contributed by atoms with Crippen LogP contribution in [0, 0.1) is 5.92 Å². The van der Waals surface area contributed by atoms with Crippen molar-refractivity contribution in [1.82, 2.24) is 19.9 Å². The van der Waals surface area contributed by atoms with Gasteiger partial charge in [-0.1, -0.05) is 30.3 Å². The topological polar surface area (TPSA) is 104 Å². The number of nitrogens with zero attached hydrogens (tertiary/aromatic N) is 3. The number of anilines is 1. The molecule has 0 saturated heterocycles. The van der Waals surface area contributed by atoms with Gasteiger partial charge in [-0.3, -0.25) is 0 Å². The molecule has 3 aromatic rings. The molecule has 4 N–H and O–H groups in total. The summed E-state index contributed by atoms with van der Waals surface area (Å²) in [5.41, 5.74) is 2.06. The first kappa shape index (κ1) is 21.7. The van der Waals surface area contributed by atoms with Crippen LogP contribution in [-0.4, -0.2) is 70.3 Å². The van der Waals surface area contributed by atoms with E-state index in [-0.39, 0.29) is 12.0 Å². The molecule has 8 heteroatoms. The smallest absolute Gasteiger partial charge is 0.145 e. The van der Waals surface area contributed by atoms with Crippen molar-refractivity contribution in [2.75, 3.05) is 38.7 Å². The molecule has 0 spiro atoms. The van der Waals surface area contributed by atoms with Gasteiger partial charge in [0.2, 0.25) is 0 Å². The summed E-state index contributed by atoms with van der Waals surface area (Å²) < 4.78 is 7.74. The quantitative estimate of drug-likeness (QED) is 0.366. The lowest BCUT2D eigenvalue weighted by molar-refractivity contribution is -0.0148. The van der Waals surface area contributed by atoms with E-state index < -0.39 is 12.2 Å². The van der Waals surface area contributed by atoms with Crippen LogP contribution in [0.1, 0.15) is 18.0 Å². The largest absolute Gasteiger partial charge is 0.390 e. The van der Waals surface area contributed by atoms with Gasteiger partial charge in [-0.05, 0) is 31.0 Å². The van der Waals surface area contributed by atoms with Crippen LogP contribution in [0.2, 0.25) is 0 Å². The normalized spacial score (nSPS) is 23.5. The second-order valence-electron chi connectivity index (χ2n) is 8.04. The Hall–Kier alpha value is -2.52. The second-order valence-corrected chi connectivity index (χ2v) is 8.04. The van der Waals surface area contributed by atoms with E-state index in [9.17, 15) is 10.2 Å². The predicted molar refractivity (Wildman–Crippen MR) is 120 cm³/mol. The Kier molecular flexibility index (Phi) is 7.14. The van der Waals surface area contributed by atoms with Gasteiger partial charge in [0.25, 0.3) is 0 Å². The Bertz CT molecular complexity index is 964. The molecule has 0 aliphatic heterocycles. The number of rotatable bonds is 10. The molecule has 1 aliphatic carbocycles. The molecular weight excluding hydrogens is 394 g/mol. The third-order valence-corrected chi connectivity index (χ3v) is 6.06. The highest BCUT2D eigenvalue weighted by Crippen LogP contribution is 2.37. The van der Waals surface area contributed by atoms with Crippen LogP contribution in [0.25, 0.3) is 11.0 Å². The molecule has 2 heterocycles. The highest BCUT2D eigenvalue weighted by atomic mass is 16.5. The zero-order valence-electron chi connectivity index (χ0n) is 17.8. The Balaban J connectivity index is 1.25. The Morgan fingerprint density at radius 3 is 2.74 bits per heavy atom. The van der Waals surface area contributed by atoms with E-state index in [1.54, 1.807) is 0 Å². The van der Waals surface area contributed by atoms with Gasteiger partial charge in [0.15, 0.2) is 0 Å². The highest BCUT2D eigenvalue weighted by molar-refractivity contribution is 5.87. The summed E-state index contributed by atoms with van der Waals surface area (Å²) in [5.74, 6) is 0.629. The number of hydrogen-bond acceptors (Lipinski definition) is 7. The minimum absolute atomic E-state index is 0.118. The van der Waals surface area contributed by atoms with Crippen molar-refractivity contribution in [2.24, 2.45) is 5.92 Å². The van der Waals surface area contributed by atoms with Gasteiger partial charge in [-0.15, -0.1) is 0 Å². The van der Waals surface area contributed by atoms with Crippen molar-refractivity contribution in [3.05, 3.63) is 54.5 Å². The van der Waals surface area contributed by atoms with Crippen LogP contribution < -0.4 is 10.6 Å². The molecule has 1 aromatic carbocycles. The molecular formula is C23H31N5O3. The maximum absolute atomic E-state index is 10.7. The van der Waals surface area contributed by atoms with Gasteiger partial charge >= 0.3 is 0 Å². The summed E-state index contributed by atoms with van der Waals surface area (Å²) in [5, 5.41) is 28.6. The molecule has 1 aliphatic rings. The average Bonchev–Trinajstić information content (AvgIpc) is 3.35. The summed E-state index contributed by atoms with van der Waals surface area (Å²) >= 11 is 0. The van der Waals surface area contributed by atoms with Crippen LogP contribution in [0.4, 0.5) is 5.82 Å². The highest BCUT2D eigenvalue weighted by Gasteiger charge is 2.42. The summed E-state index contributed by atoms with van der Waals surface area (Å²) in [6, 6.07) is 12.1. The molecule has 4 atom stereocenters. The molecule has 1 saturated carbocycles. The number of fused-ring (bicyclic) bond motifs is 1. The molecule has 4 rings (SSSR count). The van der Waals surface area contributed by atoms with E-state index in [0.717, 1.165) is 36.4 Å². The van der Waals surface area contributed by atoms with Crippen molar-refractivity contribution in [3.63, 3.8) is 0 Å². The number of benzene rings is 1. The number of aromatic nitrogens is 3. The first-order chi connectivity index (χ1) is 15.2. The van der Waals surface area contributed by atoms with Crippen molar-refractivity contribution < 1.29 is 14.9 Å². The Labute approximate surface area is 182 Å². The molecule has 0 unspecified atom stereocenters. The molecule has 0 radical (unpaired) electrons. The third kappa shape index (κ3) is 4.88. The lowest BCUT2D eigenvalue weighted by Crippen LogP contribution is -2.31. The van der Waals surface area contributed by atoms with E-state index in [0.29, 0.717) is 19.6 Å². The Morgan fingerprint density at radius 1 is 1.10 bits per heavy atom. The van der Waals surface area contributed by atoms with Gasteiger partial charge < -0.3 is 30.2 Å². The molecule has 31 heavy (non-hydrogen) atoms. The van der Waals surface area contributed by atoms with Gasteiger partial charge in [0, 0.05) is 25.7 Å². The van der Waals surface area contributed by atoms with Crippen LogP contribution in [0.5, 0.6) is 0 Å². The fraction of sp³-hybridized carbons (Fsp3) is 0.478. The van der Waals surface area contributed by atoms with Crippen LogP contribution in [-0.2, 0) is 11.2 Å². The summed E-state index contributed by atoms with van der Waals surface area (Å²) in [4.78, 5) is 8.61. The predicted octanol–water partition coefficient (Wildman–Crippen LogP) is 1.60. The molecule has 166 valence electrons. The van der Waals surface area contributed by atoms with E-state index in [1.807, 2.05) is 29.9 Å². The van der Waals surface area contributed by atoms with Crippen molar-refractivity contribution in [1.29, 1.82) is 0 Å². The van der Waals surface area contributed by atoms with Gasteiger partial charge in [0.1, 0.15) is 23.9 Å². The van der Waals surface area contributed by atoms with Gasteiger partial charge in [-0.2, -0.15) is 0 Å². The summed E-state index contributed by atoms with van der Waals surface area (Å²) in [6.45, 7) is 2.65. The van der Waals surface area contributed by atoms with E-state index in [4.69, 9.17) is 4.74 Å². The van der Waals surface area contributed by atoms with Crippen LogP contribution in [0.3, 0.4) is 0 Å². The van der Waals surface area contributed by atoms with Crippen molar-refractivity contribution >= 4 is 16.9 Å². The molecule has 1 fully saturated rings. The zero-order chi connectivity index (χ0) is 21.6. The second kappa shape index (κ2) is 10.2. The zero-order valence-corrected chi connectivity index (χ0v) is 17.8. The van der Waals surface area contributed by atoms with E-state index in [2.05, 4.69) is 44.9 Å². The number of ether oxygens (including phenoxy) is 1. The third-order valence-electron chi connectivity index (χ3n) is 6.06. The van der Waals surface area contributed by atoms with E-state index >= 15 is 0 Å². The fourth-order valence-corrected chi connectivity index (χ4v) is 4.36. The average molecular weight is 426 g/mol. The Morgan fingerprint density at radius 2 is 1.94 bits per heavy atom. The maximum Gasteiger partial charge on any atom is 0.145 e. The van der Waals surface area contributed by atoms with Crippen LogP contribution in [0.15, 0.2) is 48.9 Å². The summed E-state index contributed by atoms with van der Waals surface area (Å²) in [6.07, 6.45) is 3.35. The van der Waals surface area contributed by atoms with Gasteiger partial charge in [0.05, 0.1) is 30.7 Å². The first-order valence-electron chi connectivity index (χ1n) is 10.9. The van der Waals surface area contributed by atoms with Crippen molar-refractivity contribution in [3.8, 4) is 0 Å². The monoisotopic (exact) mass is 425 g/mol. The van der Waals surface area contributed by atoms with Crippen molar-refractivity contribution in [2.45, 2.75) is 31.1 Å². The molecule has 8 nitrogen and oxygen atoms in total. The minimum Gasteiger partial charge on any atom is -0.390 e. The molecule has 0 amide bonds. The van der Waals surface area contributed by atoms with E-state index in [1.165, 1.54) is 11.9 Å².